The Morgan fingerprint density at radius 3 is 2.61 bits per heavy atom. The molecular formula is C31H38ClN9O3. The van der Waals surface area contributed by atoms with Gasteiger partial charge in [-0.3, -0.25) is 14.6 Å². The summed E-state index contributed by atoms with van der Waals surface area (Å²) in [6, 6.07) is 6.83. The first-order chi connectivity index (χ1) is 21.3. The number of nitrogens with one attached hydrogen (secondary N) is 2. The monoisotopic (exact) mass is 619 g/mol. The molecule has 6 heterocycles. The van der Waals surface area contributed by atoms with Crippen molar-refractivity contribution in [1.82, 2.24) is 35.1 Å². The van der Waals surface area contributed by atoms with E-state index in [0.29, 0.717) is 46.7 Å². The van der Waals surface area contributed by atoms with Crippen molar-refractivity contribution in [2.75, 3.05) is 56.7 Å². The second kappa shape index (κ2) is 13.0. The molecule has 2 saturated heterocycles. The van der Waals surface area contributed by atoms with Crippen LogP contribution in [-0.2, 0) is 16.1 Å². The lowest BCUT2D eigenvalue weighted by molar-refractivity contribution is -0.125. The lowest BCUT2D eigenvalue weighted by Crippen LogP contribution is -2.46. The molecule has 0 bridgehead atoms. The van der Waals surface area contributed by atoms with E-state index in [0.717, 1.165) is 50.5 Å². The Labute approximate surface area is 262 Å². The van der Waals surface area contributed by atoms with Gasteiger partial charge in [-0.05, 0) is 51.9 Å². The molecule has 0 saturated carbocycles. The first kappa shape index (κ1) is 30.2. The number of likely N-dealkylation sites (N-methyl/N-ethyl adjacent to an activating group) is 1. The number of aromatic nitrogens is 4. The fourth-order valence-electron chi connectivity index (χ4n) is 5.74. The summed E-state index contributed by atoms with van der Waals surface area (Å²) in [5.41, 5.74) is 2.92. The molecule has 2 N–H and O–H groups in total. The van der Waals surface area contributed by atoms with Gasteiger partial charge < -0.3 is 30.1 Å². The number of rotatable bonds is 8. The van der Waals surface area contributed by atoms with Gasteiger partial charge in [0.1, 0.15) is 11.9 Å². The van der Waals surface area contributed by atoms with Crippen molar-refractivity contribution in [3.63, 3.8) is 0 Å². The number of ether oxygens (including phenoxy) is 1. The number of halogens is 1. The number of hydrogen-bond acceptors (Lipinski definition) is 10. The summed E-state index contributed by atoms with van der Waals surface area (Å²) in [5.74, 6) is 0.860. The molecule has 2 amide bonds. The standard InChI is InChI=1S/C31H38ClN9O3/c1-19(25-5-4-6-27(37-25)40-11-9-39(3)10-12-40)35-29(42)20(2)41-18-26-23(30(41)43)15-21(16-33-26)28-24(32)17-34-31(38-28)36-22-7-13-44-14-8-22/h4-6,15-17,19-20,22H,7-14,18H2,1-3H3,(H,35,42)(H,34,36,38)/t19-,20-/m1/s1. The van der Waals surface area contributed by atoms with Crippen LogP contribution < -0.4 is 15.5 Å². The Morgan fingerprint density at radius 1 is 1.07 bits per heavy atom. The van der Waals surface area contributed by atoms with Gasteiger partial charge in [-0.1, -0.05) is 17.7 Å². The highest BCUT2D eigenvalue weighted by atomic mass is 35.5. The molecule has 3 aliphatic rings. The smallest absolute Gasteiger partial charge is 0.256 e. The molecule has 0 spiro atoms. The van der Waals surface area contributed by atoms with E-state index in [4.69, 9.17) is 21.3 Å². The van der Waals surface area contributed by atoms with Gasteiger partial charge in [-0.25, -0.2) is 15.0 Å². The van der Waals surface area contributed by atoms with Crippen LogP contribution in [0.15, 0.2) is 36.7 Å². The van der Waals surface area contributed by atoms with Crippen molar-refractivity contribution in [3.8, 4) is 11.3 Å². The predicted molar refractivity (Wildman–Crippen MR) is 168 cm³/mol. The zero-order chi connectivity index (χ0) is 30.8. The number of pyridine rings is 2. The van der Waals surface area contributed by atoms with E-state index in [1.54, 1.807) is 25.4 Å². The molecule has 2 atom stereocenters. The molecule has 3 aromatic rings. The van der Waals surface area contributed by atoms with Gasteiger partial charge in [0.25, 0.3) is 5.91 Å². The van der Waals surface area contributed by atoms with Gasteiger partial charge in [0.2, 0.25) is 11.9 Å². The molecule has 0 aliphatic carbocycles. The molecule has 13 heteroatoms. The second-order valence-corrected chi connectivity index (χ2v) is 12.1. The molecule has 44 heavy (non-hydrogen) atoms. The number of anilines is 2. The maximum atomic E-state index is 13.5. The first-order valence-electron chi connectivity index (χ1n) is 15.1. The zero-order valence-corrected chi connectivity index (χ0v) is 26.0. The lowest BCUT2D eigenvalue weighted by Gasteiger charge is -2.33. The lowest BCUT2D eigenvalue weighted by atomic mass is 10.1. The number of fused-ring (bicyclic) bond motifs is 1. The minimum absolute atomic E-state index is 0.220. The highest BCUT2D eigenvalue weighted by molar-refractivity contribution is 6.33. The van der Waals surface area contributed by atoms with Crippen molar-refractivity contribution >= 4 is 35.2 Å². The van der Waals surface area contributed by atoms with Gasteiger partial charge >= 0.3 is 0 Å². The van der Waals surface area contributed by atoms with E-state index in [-0.39, 0.29) is 30.4 Å². The molecule has 0 unspecified atom stereocenters. The molecule has 0 aromatic carbocycles. The topological polar surface area (TPSA) is 129 Å². The van der Waals surface area contributed by atoms with Gasteiger partial charge in [-0.15, -0.1) is 0 Å². The fraction of sp³-hybridized carbons (Fsp3) is 0.484. The Balaban J connectivity index is 1.12. The molecule has 6 rings (SSSR count). The highest BCUT2D eigenvalue weighted by Gasteiger charge is 2.36. The van der Waals surface area contributed by atoms with Crippen molar-refractivity contribution in [2.45, 2.75) is 51.4 Å². The predicted octanol–water partition coefficient (Wildman–Crippen LogP) is 3.15. The summed E-state index contributed by atoms with van der Waals surface area (Å²) < 4.78 is 5.43. The molecule has 0 radical (unpaired) electrons. The van der Waals surface area contributed by atoms with E-state index < -0.39 is 6.04 Å². The van der Waals surface area contributed by atoms with E-state index in [1.807, 2.05) is 25.1 Å². The Hall–Kier alpha value is -3.87. The Kier molecular flexibility index (Phi) is 8.92. The van der Waals surface area contributed by atoms with Crippen LogP contribution in [0.25, 0.3) is 11.3 Å². The minimum Gasteiger partial charge on any atom is -0.381 e. The van der Waals surface area contributed by atoms with Gasteiger partial charge in [-0.2, -0.15) is 0 Å². The van der Waals surface area contributed by atoms with Gasteiger partial charge in [0, 0.05) is 57.2 Å². The summed E-state index contributed by atoms with van der Waals surface area (Å²) in [4.78, 5) is 51.4. The maximum Gasteiger partial charge on any atom is 0.256 e. The van der Waals surface area contributed by atoms with Crippen LogP contribution >= 0.6 is 11.6 Å². The number of hydrogen-bond donors (Lipinski definition) is 2. The van der Waals surface area contributed by atoms with Crippen LogP contribution in [-0.4, -0.2) is 100 Å². The van der Waals surface area contributed by atoms with E-state index in [9.17, 15) is 9.59 Å². The highest BCUT2D eigenvalue weighted by Crippen LogP contribution is 2.31. The van der Waals surface area contributed by atoms with Crippen LogP contribution in [0.4, 0.5) is 11.8 Å². The summed E-state index contributed by atoms with van der Waals surface area (Å²) in [7, 11) is 2.12. The van der Waals surface area contributed by atoms with E-state index >= 15 is 0 Å². The summed E-state index contributed by atoms with van der Waals surface area (Å²) >= 11 is 6.48. The summed E-state index contributed by atoms with van der Waals surface area (Å²) in [6.45, 7) is 9.07. The first-order valence-corrected chi connectivity index (χ1v) is 15.5. The zero-order valence-electron chi connectivity index (χ0n) is 25.3. The molecule has 3 aromatic heterocycles. The number of carbonyl (C=O) groups is 2. The molecule has 2 fully saturated rings. The second-order valence-electron chi connectivity index (χ2n) is 11.7. The quantitative estimate of drug-likeness (QED) is 0.388. The molecule has 12 nitrogen and oxygen atoms in total. The molecule has 3 aliphatic heterocycles. The SMILES string of the molecule is C[C@H](C(=O)N[C@H](C)c1cccc(N2CCN(C)CC2)n1)N1Cc2ncc(-c3nc(NC4CCOCC4)ncc3Cl)cc2C1=O. The fourth-order valence-corrected chi connectivity index (χ4v) is 5.94. The van der Waals surface area contributed by atoms with Crippen LogP contribution in [0.5, 0.6) is 0 Å². The average molecular weight is 620 g/mol. The van der Waals surface area contributed by atoms with Crippen molar-refractivity contribution < 1.29 is 14.3 Å². The average Bonchev–Trinajstić information content (AvgIpc) is 3.37. The van der Waals surface area contributed by atoms with Crippen LogP contribution in [0.2, 0.25) is 5.02 Å². The largest absolute Gasteiger partial charge is 0.381 e. The molecular weight excluding hydrogens is 582 g/mol. The third-order valence-electron chi connectivity index (χ3n) is 8.59. The normalized spacial score (nSPS) is 19.0. The van der Waals surface area contributed by atoms with Crippen LogP contribution in [0.3, 0.4) is 0 Å². The third kappa shape index (κ3) is 6.47. The van der Waals surface area contributed by atoms with Crippen LogP contribution in [0, 0.1) is 0 Å². The Morgan fingerprint density at radius 2 is 1.84 bits per heavy atom. The maximum absolute atomic E-state index is 13.5. The van der Waals surface area contributed by atoms with E-state index in [2.05, 4.69) is 42.4 Å². The number of nitrogens with zero attached hydrogens (tertiary/aromatic N) is 7. The van der Waals surface area contributed by atoms with Crippen LogP contribution in [0.1, 0.15) is 54.5 Å². The summed E-state index contributed by atoms with van der Waals surface area (Å²) in [6.07, 6.45) is 4.95. The van der Waals surface area contributed by atoms with Crippen molar-refractivity contribution in [2.24, 2.45) is 0 Å². The number of amides is 2. The Bertz CT molecular complexity index is 1520. The van der Waals surface area contributed by atoms with Gasteiger partial charge in [0.05, 0.1) is 46.5 Å². The third-order valence-corrected chi connectivity index (χ3v) is 8.86. The van der Waals surface area contributed by atoms with Crippen molar-refractivity contribution in [3.05, 3.63) is 58.6 Å². The van der Waals surface area contributed by atoms with Crippen molar-refractivity contribution in [1.29, 1.82) is 0 Å². The number of carbonyl (C=O) groups excluding carboxylic acids is 2. The van der Waals surface area contributed by atoms with Gasteiger partial charge in [0.15, 0.2) is 0 Å². The number of piperazine rings is 1. The molecule has 232 valence electrons. The van der Waals surface area contributed by atoms with E-state index in [1.165, 1.54) is 4.90 Å². The summed E-state index contributed by atoms with van der Waals surface area (Å²) in [5, 5.41) is 6.76. The minimum atomic E-state index is -0.707.